The van der Waals surface area contributed by atoms with E-state index in [0.29, 0.717) is 11.6 Å². The molecule has 0 saturated carbocycles. The van der Waals surface area contributed by atoms with Crippen molar-refractivity contribution < 1.29 is 0 Å². The molecule has 0 bridgehead atoms. The number of hydrogen-bond donors (Lipinski definition) is 0. The fourth-order valence-electron chi connectivity index (χ4n) is 20.6. The summed E-state index contributed by atoms with van der Waals surface area (Å²) in [7, 11) is 0. The van der Waals surface area contributed by atoms with Gasteiger partial charge in [0.25, 0.3) is 0 Å². The van der Waals surface area contributed by atoms with Gasteiger partial charge in [-0.15, -0.1) is 0 Å². The van der Waals surface area contributed by atoms with Crippen molar-refractivity contribution in [3.63, 3.8) is 0 Å². The van der Waals surface area contributed by atoms with E-state index in [2.05, 4.69) is 394 Å². The molecule has 22 aromatic rings. The Kier molecular flexibility index (Phi) is 17.8. The topological polar surface area (TPSA) is 77.3 Å². The van der Waals surface area contributed by atoms with Crippen LogP contribution in [0.15, 0.2) is 468 Å². The van der Waals surface area contributed by atoms with Crippen LogP contribution in [-0.4, -0.2) is 29.9 Å². The zero-order valence-electron chi connectivity index (χ0n) is 69.2. The molecule has 6 nitrogen and oxygen atoms in total. The van der Waals surface area contributed by atoms with Crippen LogP contribution in [0.3, 0.4) is 0 Å². The van der Waals surface area contributed by atoms with E-state index in [9.17, 15) is 0 Å². The van der Waals surface area contributed by atoms with Crippen molar-refractivity contribution in [2.24, 2.45) is 0 Å². The maximum absolute atomic E-state index is 5.49. The van der Waals surface area contributed by atoms with E-state index < -0.39 is 10.8 Å². The zero-order chi connectivity index (χ0) is 84.4. The number of nitrogens with zero attached hydrogens (tertiary/aromatic N) is 6. The minimum Gasteiger partial charge on any atom is -0.247 e. The van der Waals surface area contributed by atoms with E-state index in [1.807, 2.05) is 78.1 Å². The van der Waals surface area contributed by atoms with Gasteiger partial charge in [0.1, 0.15) is 0 Å². The van der Waals surface area contributed by atoms with E-state index >= 15 is 0 Å². The monoisotopic (exact) mass is 1660 g/mol. The summed E-state index contributed by atoms with van der Waals surface area (Å²) in [5.74, 6) is 1.39. The first-order valence-corrected chi connectivity index (χ1v) is 45.1. The Morgan fingerprint density at radius 1 is 0.156 bits per heavy atom. The third-order valence-corrected chi connectivity index (χ3v) is 28.5. The number of para-hydroxylation sites is 2. The largest absolute Gasteiger partial charge is 0.247 e. The van der Waals surface area contributed by atoms with Gasteiger partial charge >= 0.3 is 0 Å². The van der Waals surface area contributed by atoms with E-state index in [4.69, 9.17) is 29.9 Å². The van der Waals surface area contributed by atoms with Gasteiger partial charge in [-0.3, -0.25) is 0 Å². The number of pyridine rings is 2. The highest BCUT2D eigenvalue weighted by Crippen LogP contribution is 2.65. The Morgan fingerprint density at radius 3 is 0.867 bits per heavy atom. The maximum atomic E-state index is 5.49. The van der Waals surface area contributed by atoms with Crippen LogP contribution in [0.1, 0.15) is 44.5 Å². The van der Waals surface area contributed by atoms with Gasteiger partial charge in [0, 0.05) is 85.6 Å². The fraction of sp³-hybridized carbons (Fsp3) is 0.0167. The van der Waals surface area contributed by atoms with Crippen LogP contribution in [0.5, 0.6) is 0 Å². The van der Waals surface area contributed by atoms with Crippen molar-refractivity contribution in [1.82, 2.24) is 29.9 Å². The van der Waals surface area contributed by atoms with Crippen molar-refractivity contribution in [1.29, 1.82) is 0 Å². The average molecular weight is 1660 g/mol. The smallest absolute Gasteiger partial charge is 0.160 e. The van der Waals surface area contributed by atoms with Crippen LogP contribution in [0.2, 0.25) is 0 Å². The first-order chi connectivity index (χ1) is 63.4. The maximum Gasteiger partial charge on any atom is 0.160 e. The summed E-state index contributed by atoms with van der Waals surface area (Å²) in [4.78, 5) is 36.5. The summed E-state index contributed by atoms with van der Waals surface area (Å²) in [5.41, 5.74) is 35.1. The van der Waals surface area contributed by atoms with Gasteiger partial charge in [-0.2, -0.15) is 0 Å². The first-order valence-electron chi connectivity index (χ1n) is 43.5. The molecule has 596 valence electrons. The van der Waals surface area contributed by atoms with Gasteiger partial charge in [0.2, 0.25) is 0 Å². The molecule has 0 N–H and O–H groups in total. The lowest BCUT2D eigenvalue weighted by Crippen LogP contribution is -2.32. The summed E-state index contributed by atoms with van der Waals surface area (Å²) < 4.78 is 0. The molecule has 4 aliphatic rings. The molecule has 0 fully saturated rings. The summed E-state index contributed by atoms with van der Waals surface area (Å²) >= 11 is 3.75. The first kappa shape index (κ1) is 74.8. The van der Waals surface area contributed by atoms with E-state index in [-0.39, 0.29) is 0 Å². The number of rotatable bonds is 10. The molecule has 6 heterocycles. The van der Waals surface area contributed by atoms with Crippen molar-refractivity contribution in [2.75, 3.05) is 0 Å². The van der Waals surface area contributed by atoms with Gasteiger partial charge < -0.3 is 0 Å². The Balaban J connectivity index is 0.000000139. The van der Waals surface area contributed by atoms with E-state index in [1.165, 1.54) is 103 Å². The van der Waals surface area contributed by atoms with Crippen molar-refractivity contribution in [2.45, 2.75) is 30.4 Å². The highest BCUT2D eigenvalue weighted by Gasteiger charge is 2.52. The second kappa shape index (κ2) is 30.5. The van der Waals surface area contributed by atoms with Gasteiger partial charge in [0.15, 0.2) is 11.6 Å². The molecule has 4 aromatic heterocycles. The molecule has 2 aliphatic heterocycles. The molecule has 0 atom stereocenters. The lowest BCUT2D eigenvalue weighted by Gasteiger charge is -2.40. The molecule has 128 heavy (non-hydrogen) atoms. The van der Waals surface area contributed by atoms with Gasteiger partial charge in [0.05, 0.1) is 56.0 Å². The standard InChI is InChI=1S/2C60H37N3S/c1-3-17-38(18-4-1)40-21-15-22-41(33-40)54-37-55(63-59(62-54)39-19-5-2-6-20-39)42-23-16-24-43(34-42)58-48-36-57-52(35-47(48)46-27-9-13-31-53(46)61-58)60(51-30-12-14-32-56(51)64-57)49-28-10-7-25-44(49)45-26-8-11-29-50(45)60;1-3-16-39(17-4-1)54-37-55(63-59(62-54)41-18-5-2-6-19-41)40-32-30-38(31-33-40)42-20-15-21-43(34-42)58-48-36-57-52(35-47(48)46-24-9-13-28-53(46)61-58)60(51-27-12-14-29-56(51)64-57)49-25-10-7-22-44(49)45-23-8-11-26-50(45)60/h2*1-37H. The second-order valence-corrected chi connectivity index (χ2v) is 35.5. The molecule has 0 unspecified atom stereocenters. The fourth-order valence-corrected chi connectivity index (χ4v) is 23.0. The third kappa shape index (κ3) is 12.2. The van der Waals surface area contributed by atoms with Crippen LogP contribution in [0, 0.1) is 0 Å². The molecule has 2 aliphatic carbocycles. The summed E-state index contributed by atoms with van der Waals surface area (Å²) in [6, 6.07) is 162. The molecule has 8 heteroatoms. The lowest BCUT2D eigenvalue weighted by molar-refractivity contribution is 0.724. The Bertz CT molecular complexity index is 8110. The van der Waals surface area contributed by atoms with Gasteiger partial charge in [-0.25, -0.2) is 29.9 Å². The SMILES string of the molecule is c1ccc(-c2cc(-c3ccc(-c4cccc(-c5nc6ccccc6c6cc7c(cc56)Sc5ccccc5C75c6ccccc6-c6ccccc65)c4)cc3)nc(-c3ccccc3)n2)cc1.c1ccc(-c2cccc(-c3cc(-c4cccc(-c5nc6ccccc6c6cc7c(cc56)Sc5ccccc5C75c6ccccc6-c6ccccc65)c4)nc(-c4ccccc4)n3)c2)cc1. The van der Waals surface area contributed by atoms with E-state index in [0.717, 1.165) is 128 Å². The highest BCUT2D eigenvalue weighted by molar-refractivity contribution is 7.99. The predicted molar refractivity (Wildman–Crippen MR) is 527 cm³/mol. The lowest BCUT2D eigenvalue weighted by atomic mass is 9.67. The Morgan fingerprint density at radius 2 is 0.445 bits per heavy atom. The minimum atomic E-state index is -0.467. The normalized spacial score (nSPS) is 13.1. The van der Waals surface area contributed by atoms with Crippen LogP contribution in [-0.2, 0) is 10.8 Å². The van der Waals surface area contributed by atoms with Crippen molar-refractivity contribution >= 4 is 66.9 Å². The molecule has 0 amide bonds. The van der Waals surface area contributed by atoms with Crippen LogP contribution in [0.25, 0.3) is 178 Å². The molecule has 2 spiro atoms. The minimum absolute atomic E-state index is 0.451. The van der Waals surface area contributed by atoms with Crippen molar-refractivity contribution in [3.05, 3.63) is 493 Å². The molecule has 18 aromatic carbocycles. The number of fused-ring (bicyclic) bond motifs is 24. The summed E-state index contributed by atoms with van der Waals surface area (Å²) in [6.07, 6.45) is 0. The van der Waals surface area contributed by atoms with Gasteiger partial charge in [-0.1, -0.05) is 394 Å². The quantitative estimate of drug-likeness (QED) is 0.125. The average Bonchev–Trinajstić information content (AvgIpc) is 1.50. The van der Waals surface area contributed by atoms with Crippen LogP contribution >= 0.6 is 23.5 Å². The zero-order valence-corrected chi connectivity index (χ0v) is 70.9. The van der Waals surface area contributed by atoms with Crippen molar-refractivity contribution in [3.8, 4) is 135 Å². The molecule has 26 rings (SSSR count). The predicted octanol–water partition coefficient (Wildman–Crippen LogP) is 30.7. The molecule has 0 saturated heterocycles. The van der Waals surface area contributed by atoms with E-state index in [1.54, 1.807) is 0 Å². The number of aromatic nitrogens is 6. The number of hydrogen-bond acceptors (Lipinski definition) is 8. The number of benzene rings is 18. The summed E-state index contributed by atoms with van der Waals surface area (Å²) in [6.45, 7) is 0. The van der Waals surface area contributed by atoms with Gasteiger partial charge in [-0.05, 0) is 179 Å². The second-order valence-electron chi connectivity index (χ2n) is 33.3. The third-order valence-electron chi connectivity index (χ3n) is 26.3. The molecule has 0 radical (unpaired) electrons. The Labute approximate surface area is 749 Å². The van der Waals surface area contributed by atoms with Crippen LogP contribution < -0.4 is 0 Å². The summed E-state index contributed by atoms with van der Waals surface area (Å²) in [5, 5.41) is 6.99. The highest BCUT2D eigenvalue weighted by atomic mass is 32.2. The molecular weight excluding hydrogens is 1590 g/mol. The Hall–Kier alpha value is -15.8. The molecular formula is C120H74N6S2. The van der Waals surface area contributed by atoms with Crippen LogP contribution in [0.4, 0.5) is 0 Å².